The quantitative estimate of drug-likeness (QED) is 0.0317. The van der Waals surface area contributed by atoms with Crippen LogP contribution >= 0.6 is 0 Å². The van der Waals surface area contributed by atoms with Gasteiger partial charge in [-0.3, -0.25) is 43.3 Å². The first-order valence-electron chi connectivity index (χ1n) is 42.8. The van der Waals surface area contributed by atoms with E-state index in [9.17, 15) is 53.1 Å². The zero-order valence-corrected chi connectivity index (χ0v) is 75.2. The third-order valence-electron chi connectivity index (χ3n) is 20.8. The highest BCUT2D eigenvalue weighted by Gasteiger charge is 2.44. The van der Waals surface area contributed by atoms with E-state index in [1.54, 1.807) is 120 Å². The summed E-state index contributed by atoms with van der Waals surface area (Å²) in [5, 5.41) is 38.9. The van der Waals surface area contributed by atoms with Gasteiger partial charge in [0.25, 0.3) is 0 Å². The molecule has 1 fully saturated rings. The molecule has 2 aromatic carbocycles. The van der Waals surface area contributed by atoms with E-state index in [1.807, 2.05) is 32.0 Å². The number of aliphatic hydroxyl groups is 1. The summed E-state index contributed by atoms with van der Waals surface area (Å²) in [7, 11) is 6.08. The number of methoxy groups -OCH3 is 2. The van der Waals surface area contributed by atoms with Gasteiger partial charge < -0.3 is 110 Å². The maximum atomic E-state index is 14.9. The van der Waals surface area contributed by atoms with E-state index in [0.29, 0.717) is 147 Å². The largest absolute Gasteiger partial charge is 0.445 e. The van der Waals surface area contributed by atoms with Crippen molar-refractivity contribution in [2.45, 2.75) is 222 Å². The summed E-state index contributed by atoms with van der Waals surface area (Å²) in [6, 6.07) is 8.68. The number of likely N-dealkylation sites (tertiary alicyclic amines) is 1. The van der Waals surface area contributed by atoms with Crippen molar-refractivity contribution in [1.29, 1.82) is 0 Å². The number of benzene rings is 2. The van der Waals surface area contributed by atoms with Gasteiger partial charge in [-0.25, -0.2) is 14.3 Å². The molecule has 1 aliphatic rings. The van der Waals surface area contributed by atoms with E-state index in [2.05, 4.69) is 68.3 Å². The topological polar surface area (TPSA) is 443 Å². The van der Waals surface area contributed by atoms with Crippen molar-refractivity contribution < 1.29 is 105 Å². The first-order chi connectivity index (χ1) is 58.1. The third kappa shape index (κ3) is 39.5. The Labute approximate surface area is 721 Å². The lowest BCUT2D eigenvalue weighted by Gasteiger charge is -2.41. The number of likely N-dealkylation sites (N-methyl/N-ethyl adjacent to an activating group) is 2. The number of hydrogen-bond donors (Lipinski definition) is 9. The van der Waals surface area contributed by atoms with Crippen molar-refractivity contribution in [2.24, 2.45) is 40.7 Å². The number of anilines is 1. The molecule has 3 aromatic rings. The van der Waals surface area contributed by atoms with Gasteiger partial charge in [0.2, 0.25) is 47.3 Å². The summed E-state index contributed by atoms with van der Waals surface area (Å²) in [5.74, 6) is -5.44. The van der Waals surface area contributed by atoms with E-state index in [0.717, 1.165) is 0 Å². The Balaban J connectivity index is 1.17. The number of hydrogen-bond acceptors (Lipinski definition) is 24. The van der Waals surface area contributed by atoms with E-state index >= 15 is 0 Å². The molecular weight excluding hydrogens is 1580 g/mol. The van der Waals surface area contributed by atoms with Crippen LogP contribution in [0.25, 0.3) is 0 Å². The molecule has 12 atom stereocenters. The van der Waals surface area contributed by atoms with Crippen molar-refractivity contribution >= 4 is 65.1 Å². The first-order valence-corrected chi connectivity index (χ1v) is 42.8. The fourth-order valence-electron chi connectivity index (χ4n) is 13.7. The lowest BCUT2D eigenvalue weighted by atomic mass is 9.89. The minimum absolute atomic E-state index is 0.0255. The second-order valence-corrected chi connectivity index (χ2v) is 32.9. The van der Waals surface area contributed by atoms with Gasteiger partial charge in [0.05, 0.1) is 167 Å². The second kappa shape index (κ2) is 57.8. The summed E-state index contributed by atoms with van der Waals surface area (Å²) in [6.07, 6.45) is 0.911. The van der Waals surface area contributed by atoms with Crippen LogP contribution in [-0.2, 0) is 110 Å². The molecule has 0 spiro atoms. The number of rotatable bonds is 62. The average Bonchev–Trinajstić information content (AvgIpc) is 1.41. The van der Waals surface area contributed by atoms with Crippen molar-refractivity contribution in [3.05, 3.63) is 77.6 Å². The Kier molecular flexibility index (Phi) is 50.1. The van der Waals surface area contributed by atoms with Crippen molar-refractivity contribution in [1.82, 2.24) is 61.6 Å². The normalized spacial score (nSPS) is 15.7. The van der Waals surface area contributed by atoms with Crippen LogP contribution in [0.5, 0.6) is 0 Å². The highest BCUT2D eigenvalue weighted by molar-refractivity contribution is 5.98. The predicted octanol–water partition coefficient (Wildman–Crippen LogP) is 5.46. The van der Waals surface area contributed by atoms with Gasteiger partial charge in [0, 0.05) is 66.5 Å². The molecular formula is C86H144N14O22. The smallest absolute Gasteiger partial charge is 0.410 e. The Bertz CT molecular complexity index is 3560. The van der Waals surface area contributed by atoms with E-state index in [4.69, 9.17) is 57.8 Å². The summed E-state index contributed by atoms with van der Waals surface area (Å²) in [5.41, 5.74) is 7.51. The van der Waals surface area contributed by atoms with Crippen LogP contribution in [-0.4, -0.2) is 296 Å². The number of nitrogens with one attached hydrogen (secondary N) is 7. The van der Waals surface area contributed by atoms with Gasteiger partial charge in [0.15, 0.2) is 0 Å². The zero-order valence-electron chi connectivity index (χ0n) is 75.2. The Morgan fingerprint density at radius 1 is 0.615 bits per heavy atom. The van der Waals surface area contributed by atoms with Crippen LogP contribution in [0.1, 0.15) is 164 Å². The van der Waals surface area contributed by atoms with Crippen LogP contribution in [0.3, 0.4) is 0 Å². The standard InChI is InChI=1S/C86H144N14O22/c1-18-60(8)76(69(112-16)52-72(103)100-35-23-27-68(100)78(113-17)61(9)79(105)90-62(10)77(104)64-24-20-19-21-25-64)97(14)83(109)74(58(4)5)94-82(108)75(59(6)7)98(15)85(111)122-54-63-28-30-65(31-29-63)91-80(106)67(26-22-34-88-84(87)110)92-81(107)73(57(2)3)93-71(102)33-38-115-41-44-118-48-49-120-50-51-121-55-66-53-99(96-95-66)36-39-116-42-45-119-47-46-117-43-40-114-37-32-70(101)89-56-86(11,12)13/h19-21,24-25,28-31,53,57-62,67-69,73-78,104H,18,22-23,26-27,32-52,54-56H2,1-17H3,(H,89,101)(H,90,105)(H,91,106)(H,92,107)(H,93,102)(H,94,108)(H3,87,88,110)/t60-,61+,62+,67-,68-,69+,73-,74-,75-,76-,77+,78+/m0/s1. The lowest BCUT2D eigenvalue weighted by Crippen LogP contribution is -2.60. The molecule has 10 N–H and O–H groups in total. The number of carbonyl (C=O) groups excluding carboxylic acids is 10. The van der Waals surface area contributed by atoms with E-state index in [1.165, 1.54) is 26.2 Å². The molecule has 0 aliphatic carbocycles. The summed E-state index contributed by atoms with van der Waals surface area (Å²) < 4.78 is 64.1. The molecule has 0 unspecified atom stereocenters. The Morgan fingerprint density at radius 3 is 1.72 bits per heavy atom. The van der Waals surface area contributed by atoms with Crippen LogP contribution in [0.2, 0.25) is 0 Å². The number of primary amides is 1. The van der Waals surface area contributed by atoms with Gasteiger partial charge >= 0.3 is 12.1 Å². The number of nitrogens with zero attached hydrogens (tertiary/aromatic N) is 6. The number of nitrogens with two attached hydrogens (primary N) is 1. The summed E-state index contributed by atoms with van der Waals surface area (Å²) >= 11 is 0. The molecule has 36 heteroatoms. The predicted molar refractivity (Wildman–Crippen MR) is 456 cm³/mol. The molecule has 1 aromatic heterocycles. The van der Waals surface area contributed by atoms with Crippen LogP contribution in [0, 0.1) is 35.0 Å². The molecule has 0 radical (unpaired) electrons. The molecule has 0 saturated carbocycles. The summed E-state index contributed by atoms with van der Waals surface area (Å²) in [4.78, 5) is 140. The molecule has 11 amide bonds. The Hall–Kier alpha value is -8.56. The lowest BCUT2D eigenvalue weighted by molar-refractivity contribution is -0.148. The number of aromatic nitrogens is 3. The monoisotopic (exact) mass is 1730 g/mol. The number of carbonyl (C=O) groups is 10. The van der Waals surface area contributed by atoms with Crippen molar-refractivity contribution in [2.75, 3.05) is 152 Å². The van der Waals surface area contributed by atoms with Gasteiger partial charge in [-0.1, -0.05) is 137 Å². The van der Waals surface area contributed by atoms with E-state index in [-0.39, 0.29) is 94.3 Å². The highest BCUT2D eigenvalue weighted by atomic mass is 16.6. The average molecular weight is 1730 g/mol. The van der Waals surface area contributed by atoms with Crippen molar-refractivity contribution in [3.63, 3.8) is 0 Å². The molecule has 4 rings (SSSR count). The van der Waals surface area contributed by atoms with Crippen LogP contribution in [0.15, 0.2) is 60.8 Å². The number of urea groups is 1. The molecule has 2 heterocycles. The minimum Gasteiger partial charge on any atom is -0.445 e. The van der Waals surface area contributed by atoms with Gasteiger partial charge in [-0.15, -0.1) is 5.10 Å². The van der Waals surface area contributed by atoms with Crippen LogP contribution in [0.4, 0.5) is 15.3 Å². The molecule has 1 saturated heterocycles. The zero-order chi connectivity index (χ0) is 90.3. The minimum atomic E-state index is -1.13. The second-order valence-electron chi connectivity index (χ2n) is 32.9. The van der Waals surface area contributed by atoms with Crippen molar-refractivity contribution in [3.8, 4) is 0 Å². The maximum absolute atomic E-state index is 14.9. The van der Waals surface area contributed by atoms with Gasteiger partial charge in [0.1, 0.15) is 36.5 Å². The number of ether oxygens (including phenoxy) is 11. The molecule has 36 nitrogen and oxygen atoms in total. The third-order valence-corrected chi connectivity index (χ3v) is 20.8. The fraction of sp³-hybridized carbons (Fsp3) is 0.721. The summed E-state index contributed by atoms with van der Waals surface area (Å²) in [6.45, 7) is 31.0. The number of aliphatic hydroxyl groups excluding tert-OH is 1. The Morgan fingerprint density at radius 2 is 1.18 bits per heavy atom. The van der Waals surface area contributed by atoms with Gasteiger partial charge in [-0.05, 0) is 85.0 Å². The van der Waals surface area contributed by atoms with Crippen LogP contribution < -0.4 is 43.0 Å². The van der Waals surface area contributed by atoms with Gasteiger partial charge in [-0.2, -0.15) is 0 Å². The number of amides is 11. The van der Waals surface area contributed by atoms with E-state index < -0.39 is 126 Å². The molecule has 0 bridgehead atoms. The SMILES string of the molecule is CC[C@H](C)[C@@H]([C@@H](CC(=O)N1CCC[C@H]1[C@H](OC)[C@@H](C)C(=O)N[C@H](C)[C@@H](O)c1ccccc1)OC)N(C)C(=O)[C@@H](NC(=O)[C@H](C(C)C)N(C)C(=O)OCc1ccc(NC(=O)[C@H](CCCNC(N)=O)NC(=O)[C@@H](NC(=O)CCOCCOCCOCCOCc2cn(CCOCCOCCOCCOCCC(=O)NCC(C)(C)C)nn2)C(C)C)cc1)C(C)C. The fourth-order valence-corrected chi connectivity index (χ4v) is 13.7. The molecule has 690 valence electrons. The first kappa shape index (κ1) is 106. The maximum Gasteiger partial charge on any atom is 0.410 e. The molecule has 1 aliphatic heterocycles. The molecule has 122 heavy (non-hydrogen) atoms. The highest BCUT2D eigenvalue weighted by Crippen LogP contribution is 2.31.